The number of aromatic nitrogens is 4. The second-order valence-electron chi connectivity index (χ2n) is 26.3. The average molecular weight is 1590 g/mol. The number of pyridine rings is 2. The number of benzene rings is 2. The molecule has 4 atom stereocenters. The lowest BCUT2D eigenvalue weighted by atomic mass is 9.85. The Bertz CT molecular complexity index is 4270. The van der Waals surface area contributed by atoms with Gasteiger partial charge in [-0.3, -0.25) is 28.2 Å². The van der Waals surface area contributed by atoms with Crippen LogP contribution in [0.4, 0.5) is 15.3 Å². The van der Waals surface area contributed by atoms with Gasteiger partial charge in [-0.2, -0.15) is 0 Å². The van der Waals surface area contributed by atoms with Crippen LogP contribution in [0.25, 0.3) is 22.3 Å². The number of ketones is 1. The number of urea groups is 1. The Balaban J connectivity index is 0.697. The van der Waals surface area contributed by atoms with Gasteiger partial charge >= 0.3 is 18.2 Å². The molecule has 5 aromatic rings. The zero-order chi connectivity index (χ0) is 80.2. The highest BCUT2D eigenvalue weighted by atomic mass is 32.2. The number of hydrogen-bond donors (Lipinski definition) is 5. The molecule has 3 aromatic heterocycles. The largest absolute Gasteiger partial charge is 0.510 e. The van der Waals surface area contributed by atoms with Crippen molar-refractivity contribution >= 4 is 83.7 Å². The van der Waals surface area contributed by atoms with Crippen molar-refractivity contribution in [2.24, 2.45) is 5.73 Å². The predicted molar refractivity (Wildman–Crippen MR) is 409 cm³/mol. The number of cyclic esters (lactones) is 1. The number of sulfone groups is 1. The molecule has 0 saturated heterocycles. The fourth-order valence-electron chi connectivity index (χ4n) is 11.9. The van der Waals surface area contributed by atoms with E-state index in [-0.39, 0.29) is 86.8 Å². The fourth-order valence-corrected chi connectivity index (χ4v) is 13.8. The van der Waals surface area contributed by atoms with Crippen molar-refractivity contribution in [1.82, 2.24) is 39.8 Å². The summed E-state index contributed by atoms with van der Waals surface area (Å²) < 4.78 is 106. The van der Waals surface area contributed by atoms with Crippen LogP contribution in [0.2, 0.25) is 0 Å². The molecule has 2 aromatic carbocycles. The number of para-hydroxylation sites is 1. The van der Waals surface area contributed by atoms with E-state index in [0.29, 0.717) is 171 Å². The third-order valence-corrected chi connectivity index (χ3v) is 19.9. The number of nitrogens with one attached hydrogen (secondary N) is 4. The molecule has 6 N–H and O–H groups in total. The molecule has 7 rings (SSSR count). The maximum atomic E-state index is 14.5. The van der Waals surface area contributed by atoms with E-state index >= 15 is 0 Å². The Morgan fingerprint density at radius 2 is 1.31 bits per heavy atom. The molecule has 0 aliphatic carbocycles. The van der Waals surface area contributed by atoms with Gasteiger partial charge < -0.3 is 88.4 Å². The van der Waals surface area contributed by atoms with Gasteiger partial charge in [-0.25, -0.2) is 42.1 Å². The van der Waals surface area contributed by atoms with E-state index in [4.69, 9.17) is 67.6 Å². The van der Waals surface area contributed by atoms with E-state index in [1.807, 2.05) is 42.4 Å². The molecule has 608 valence electrons. The van der Waals surface area contributed by atoms with E-state index in [2.05, 4.69) is 48.9 Å². The van der Waals surface area contributed by atoms with Crippen molar-refractivity contribution in [1.29, 1.82) is 0 Å². The molecule has 35 heteroatoms. The molecule has 0 saturated carbocycles. The number of amides is 5. The van der Waals surface area contributed by atoms with Gasteiger partial charge in [0.15, 0.2) is 0 Å². The molecule has 0 radical (unpaired) electrons. The second-order valence-corrected chi connectivity index (χ2v) is 30.6. The molecule has 111 heavy (non-hydrogen) atoms. The monoisotopic (exact) mass is 1590 g/mol. The van der Waals surface area contributed by atoms with Crippen molar-refractivity contribution in [3.8, 4) is 23.2 Å². The van der Waals surface area contributed by atoms with Crippen LogP contribution >= 0.6 is 0 Å². The zero-order valence-electron chi connectivity index (χ0n) is 63.9. The third kappa shape index (κ3) is 29.3. The molecular weight excluding hydrogens is 1490 g/mol. The van der Waals surface area contributed by atoms with Crippen LogP contribution in [-0.2, 0) is 126 Å². The summed E-state index contributed by atoms with van der Waals surface area (Å²) in [5, 5.41) is 11.1. The van der Waals surface area contributed by atoms with E-state index in [1.54, 1.807) is 55.0 Å². The van der Waals surface area contributed by atoms with Crippen molar-refractivity contribution in [3.63, 3.8) is 0 Å². The maximum Gasteiger partial charge on any atom is 0.510 e. The molecule has 5 amide bonds. The number of nitrogens with zero attached hydrogens (tertiary/aromatic N) is 5. The molecule has 0 fully saturated rings. The van der Waals surface area contributed by atoms with Crippen molar-refractivity contribution in [2.45, 2.75) is 128 Å². The molecule has 0 spiro atoms. The van der Waals surface area contributed by atoms with Gasteiger partial charge in [0.05, 0.1) is 134 Å². The van der Waals surface area contributed by atoms with Gasteiger partial charge in [-0.05, 0) is 101 Å². The van der Waals surface area contributed by atoms with Crippen LogP contribution in [0.5, 0.6) is 0 Å². The SMILES string of the molecule is C=S(C)(=O)N(CCc1c2c(nc3ccccc13)-c1cc3c(c(=O)n1C2)COC(=O)[C@@]3(CC)OC(=O)OC(C)c1ccc(NC(=O)[C@H](CCCNC(N)=O)NC(=O)COCC(=O)NCCOCCOCCOCCOCCOCCOCCOCCOCCCC(=O)CCCC#Cc2cnc(S(C)(=O)=O)nc2)cc1)C(C)C. The number of fused-ring (bicyclic) bond motifs is 5. The van der Waals surface area contributed by atoms with Gasteiger partial charge in [-0.1, -0.05) is 49.1 Å². The molecule has 0 bridgehead atoms. The van der Waals surface area contributed by atoms with Gasteiger partial charge in [-0.15, -0.1) is 0 Å². The first-order valence-corrected chi connectivity index (χ1v) is 40.8. The fraction of sp³-hybridized carbons (Fsp3) is 0.553. The number of carbonyl (C=O) groups is 7. The number of carbonyl (C=O) groups excluding carboxylic acids is 7. The molecular formula is C76H104N10O23S2. The number of esters is 1. The summed E-state index contributed by atoms with van der Waals surface area (Å²) >= 11 is 0. The number of anilines is 1. The smallest absolute Gasteiger partial charge is 0.457 e. The Labute approximate surface area is 647 Å². The molecule has 5 heterocycles. The number of hydrogen-bond acceptors (Lipinski definition) is 26. The number of unbranched alkanes of at least 4 members (excludes halogenated alkanes) is 1. The van der Waals surface area contributed by atoms with Crippen molar-refractivity contribution in [3.05, 3.63) is 111 Å². The minimum atomic E-state index is -3.46. The highest BCUT2D eigenvalue weighted by molar-refractivity contribution is 7.97. The number of rotatable bonds is 52. The minimum absolute atomic E-state index is 0.0572. The molecule has 33 nitrogen and oxygen atoms in total. The van der Waals surface area contributed by atoms with Crippen molar-refractivity contribution < 1.29 is 103 Å². The summed E-state index contributed by atoms with van der Waals surface area (Å²) in [5.74, 6) is 7.19. The topological polar surface area (TPSA) is 420 Å². The standard InChI is InChI=1S/C76H104N10O23S2/c1-8-76(63-46-66-69-61(49-85(66)71(91)62(63)50-107-72(76)92)59(60-19-12-13-20-64(60)84-69)26-29-86(53(2)3)110(5,6)95)109-75(94)108-54(4)56-22-24-57(25-23-56)82-70(90)65(21-14-27-79-73(77)93)83-68(89)52-106-51-67(88)78-28-31-99-33-35-101-37-39-103-41-43-105-45-44-104-42-40-102-38-36-100-34-32-98-30-15-18-58(87)17-11-9-10-16-55-47-80-74(81-48-55)111(7,96)97/h12-13,19-20,22-25,46-48,53-54,65H,5,8-9,11,14-15,17-18,21,26-45,49-52H2,1-4,6-7H3,(H,78,88)(H,82,90)(H,83,89)(H3,77,79,93)/t54?,65-,76-,110?/m0/s1. The number of ether oxygens (including phenoxy) is 12. The van der Waals surface area contributed by atoms with Crippen LogP contribution in [0.1, 0.15) is 119 Å². The van der Waals surface area contributed by atoms with Crippen LogP contribution < -0.4 is 32.6 Å². The van der Waals surface area contributed by atoms with Gasteiger partial charge in [0, 0.05) is 108 Å². The summed E-state index contributed by atoms with van der Waals surface area (Å²) in [6.07, 6.45) is 6.48. The Kier molecular flexibility index (Phi) is 37.2. The zero-order valence-corrected chi connectivity index (χ0v) is 65.6. The molecule has 2 aliphatic rings. The first-order chi connectivity index (χ1) is 53.3. The van der Waals surface area contributed by atoms with E-state index in [0.717, 1.165) is 22.8 Å². The van der Waals surface area contributed by atoms with E-state index in [9.17, 15) is 51.0 Å². The van der Waals surface area contributed by atoms with Crippen LogP contribution in [0.15, 0.2) is 76.9 Å². The third-order valence-electron chi connectivity index (χ3n) is 17.5. The second kappa shape index (κ2) is 46.2. The Hall–Kier alpha value is -8.90. The summed E-state index contributed by atoms with van der Waals surface area (Å²) in [5.41, 5.74) is 7.64. The average Bonchev–Trinajstić information content (AvgIpc) is 1.63. The summed E-state index contributed by atoms with van der Waals surface area (Å²) in [4.78, 5) is 118. The summed E-state index contributed by atoms with van der Waals surface area (Å²) in [7, 11) is -6.02. The summed E-state index contributed by atoms with van der Waals surface area (Å²) in [6, 6.07) is 13.6. The lowest BCUT2D eigenvalue weighted by Gasteiger charge is -2.35. The van der Waals surface area contributed by atoms with Gasteiger partial charge in [0.1, 0.15) is 37.7 Å². The number of primary amides is 1. The van der Waals surface area contributed by atoms with Gasteiger partial charge in [0.2, 0.25) is 38.3 Å². The highest BCUT2D eigenvalue weighted by Gasteiger charge is 2.51. The number of Topliss-reactive ketones (excluding diaryl/α,β-unsaturated/α-hetero) is 1. The number of nitrogens with two attached hydrogens (primary N) is 1. The first-order valence-electron chi connectivity index (χ1n) is 36.9. The normalized spacial score (nSPS) is 14.8. The van der Waals surface area contributed by atoms with Gasteiger partial charge in [0.25, 0.3) is 5.56 Å². The van der Waals surface area contributed by atoms with Crippen LogP contribution in [0, 0.1) is 11.8 Å². The Morgan fingerprint density at radius 3 is 1.89 bits per heavy atom. The van der Waals surface area contributed by atoms with E-state index in [1.165, 1.54) is 12.4 Å². The van der Waals surface area contributed by atoms with Crippen LogP contribution in [-0.4, -0.2) is 247 Å². The predicted octanol–water partition coefficient (Wildman–Crippen LogP) is 4.42. The molecule has 2 unspecified atom stereocenters. The van der Waals surface area contributed by atoms with E-state index < -0.39 is 91.9 Å². The first kappa shape index (κ1) is 89.3. The Morgan fingerprint density at radius 1 is 0.721 bits per heavy atom. The summed E-state index contributed by atoms with van der Waals surface area (Å²) in [6.45, 7) is 12.6. The quantitative estimate of drug-likeness (QED) is 0.0116. The highest BCUT2D eigenvalue weighted by Crippen LogP contribution is 2.43. The lowest BCUT2D eigenvalue weighted by Crippen LogP contribution is -2.47. The maximum absolute atomic E-state index is 14.5. The van der Waals surface area contributed by atoms with Crippen molar-refractivity contribution in [2.75, 3.05) is 156 Å². The molecule has 2 aliphatic heterocycles. The van der Waals surface area contributed by atoms with Crippen LogP contribution in [0.3, 0.4) is 0 Å². The minimum Gasteiger partial charge on any atom is -0.457 e. The lowest BCUT2D eigenvalue weighted by molar-refractivity contribution is -0.176.